The maximum atomic E-state index is 10.8. The highest BCUT2D eigenvalue weighted by Crippen LogP contribution is 2.34. The Hall–Kier alpha value is -1.79. The summed E-state index contributed by atoms with van der Waals surface area (Å²) >= 11 is 1.55. The van der Waals surface area contributed by atoms with Gasteiger partial charge in [0.15, 0.2) is 0 Å². The third kappa shape index (κ3) is 2.71. The Morgan fingerprint density at radius 3 is 2.80 bits per heavy atom. The Morgan fingerprint density at radius 2 is 2.20 bits per heavy atom. The highest BCUT2D eigenvalue weighted by molar-refractivity contribution is 7.12. The topological polar surface area (TPSA) is 82.0 Å². The van der Waals surface area contributed by atoms with Crippen molar-refractivity contribution in [1.82, 2.24) is 4.98 Å². The van der Waals surface area contributed by atoms with Crippen LogP contribution < -0.4 is 5.73 Å². The molecular weight excluding hydrogens is 274 g/mol. The van der Waals surface area contributed by atoms with Crippen LogP contribution in [0, 0.1) is 17.0 Å². The van der Waals surface area contributed by atoms with Gasteiger partial charge in [-0.1, -0.05) is 19.1 Å². The van der Waals surface area contributed by atoms with Gasteiger partial charge in [-0.3, -0.25) is 10.1 Å². The highest BCUT2D eigenvalue weighted by Gasteiger charge is 2.24. The first-order valence-corrected chi connectivity index (χ1v) is 7.18. The van der Waals surface area contributed by atoms with Gasteiger partial charge in [-0.05, 0) is 20.3 Å². The number of hydrogen-bond acceptors (Lipinski definition) is 5. The number of aryl methyl sites for hydroxylation is 1. The maximum Gasteiger partial charge on any atom is 0.270 e. The van der Waals surface area contributed by atoms with Crippen molar-refractivity contribution in [2.45, 2.75) is 32.7 Å². The number of hydrogen-bond donors (Lipinski definition) is 1. The molecular formula is C14H17N3O2S. The second kappa shape index (κ2) is 5.30. The van der Waals surface area contributed by atoms with E-state index in [1.165, 1.54) is 6.07 Å². The first-order valence-electron chi connectivity index (χ1n) is 6.36. The van der Waals surface area contributed by atoms with E-state index in [-0.39, 0.29) is 5.69 Å². The summed E-state index contributed by atoms with van der Waals surface area (Å²) in [5, 5.41) is 11.7. The van der Waals surface area contributed by atoms with Crippen molar-refractivity contribution in [2.75, 3.05) is 0 Å². The van der Waals surface area contributed by atoms with Gasteiger partial charge in [0, 0.05) is 22.6 Å². The first kappa shape index (κ1) is 14.6. The Kier molecular flexibility index (Phi) is 3.87. The van der Waals surface area contributed by atoms with Crippen molar-refractivity contribution in [2.24, 2.45) is 5.73 Å². The van der Waals surface area contributed by atoms with Crippen LogP contribution in [0.4, 0.5) is 5.69 Å². The van der Waals surface area contributed by atoms with Gasteiger partial charge < -0.3 is 5.73 Å². The lowest BCUT2D eigenvalue weighted by atomic mass is 10.0. The number of nitro benzene ring substituents is 1. The SMILES string of the molecule is CCC(C)(N)c1nc(-c2cccc([N+](=O)[O-])c2)c(C)s1. The van der Waals surface area contributed by atoms with E-state index < -0.39 is 10.5 Å². The van der Waals surface area contributed by atoms with E-state index in [1.54, 1.807) is 23.5 Å². The molecule has 0 saturated heterocycles. The van der Waals surface area contributed by atoms with Gasteiger partial charge in [0.2, 0.25) is 0 Å². The van der Waals surface area contributed by atoms with E-state index in [0.29, 0.717) is 0 Å². The van der Waals surface area contributed by atoms with Crippen LogP contribution in [0.3, 0.4) is 0 Å². The molecule has 0 fully saturated rings. The molecule has 0 radical (unpaired) electrons. The minimum absolute atomic E-state index is 0.0717. The fourth-order valence-corrected chi connectivity index (χ4v) is 2.89. The summed E-state index contributed by atoms with van der Waals surface area (Å²) in [5.74, 6) is 0. The Morgan fingerprint density at radius 1 is 1.50 bits per heavy atom. The molecule has 0 aliphatic heterocycles. The monoisotopic (exact) mass is 291 g/mol. The molecule has 20 heavy (non-hydrogen) atoms. The molecule has 1 aromatic carbocycles. The summed E-state index contributed by atoms with van der Waals surface area (Å²) in [6, 6.07) is 6.53. The average Bonchev–Trinajstić information content (AvgIpc) is 2.81. The van der Waals surface area contributed by atoms with Gasteiger partial charge in [0.1, 0.15) is 5.01 Å². The molecule has 1 unspecified atom stereocenters. The molecule has 1 heterocycles. The smallest absolute Gasteiger partial charge is 0.270 e. The van der Waals surface area contributed by atoms with E-state index in [9.17, 15) is 10.1 Å². The summed E-state index contributed by atoms with van der Waals surface area (Å²) < 4.78 is 0. The molecule has 0 bridgehead atoms. The fraction of sp³-hybridized carbons (Fsp3) is 0.357. The lowest BCUT2D eigenvalue weighted by Gasteiger charge is -2.18. The van der Waals surface area contributed by atoms with E-state index in [4.69, 9.17) is 5.73 Å². The number of aromatic nitrogens is 1. The Bertz CT molecular complexity index is 650. The molecule has 0 spiro atoms. The molecule has 1 aromatic heterocycles. The summed E-state index contributed by atoms with van der Waals surface area (Å²) in [7, 11) is 0. The highest BCUT2D eigenvalue weighted by atomic mass is 32.1. The van der Waals surface area contributed by atoms with E-state index in [1.807, 2.05) is 26.8 Å². The average molecular weight is 291 g/mol. The third-order valence-electron chi connectivity index (χ3n) is 3.35. The summed E-state index contributed by atoms with van der Waals surface area (Å²) in [5.41, 5.74) is 7.36. The number of thiazole rings is 1. The number of benzene rings is 1. The molecule has 0 aliphatic rings. The molecule has 0 aliphatic carbocycles. The number of nitro groups is 1. The zero-order valence-electron chi connectivity index (χ0n) is 11.7. The molecule has 106 valence electrons. The van der Waals surface area contributed by atoms with Gasteiger partial charge in [-0.2, -0.15) is 0 Å². The number of rotatable bonds is 4. The quantitative estimate of drug-likeness (QED) is 0.689. The van der Waals surface area contributed by atoms with Crippen molar-refractivity contribution in [3.63, 3.8) is 0 Å². The Balaban J connectivity index is 2.49. The zero-order valence-corrected chi connectivity index (χ0v) is 12.5. The minimum Gasteiger partial charge on any atom is -0.320 e. The van der Waals surface area contributed by atoms with Crippen LogP contribution in [0.2, 0.25) is 0 Å². The minimum atomic E-state index is -0.464. The number of non-ortho nitro benzene ring substituents is 1. The van der Waals surface area contributed by atoms with Crippen LogP contribution >= 0.6 is 11.3 Å². The van der Waals surface area contributed by atoms with E-state index in [0.717, 1.165) is 27.6 Å². The van der Waals surface area contributed by atoms with Crippen LogP contribution in [0.25, 0.3) is 11.3 Å². The molecule has 6 heteroatoms. The second-order valence-corrected chi connectivity index (χ2v) is 6.21. The van der Waals surface area contributed by atoms with Crippen molar-refractivity contribution in [3.8, 4) is 11.3 Å². The van der Waals surface area contributed by atoms with Crippen LogP contribution in [0.15, 0.2) is 24.3 Å². The van der Waals surface area contributed by atoms with Crippen molar-refractivity contribution < 1.29 is 4.92 Å². The third-order valence-corrected chi connectivity index (χ3v) is 4.60. The van der Waals surface area contributed by atoms with Crippen molar-refractivity contribution in [1.29, 1.82) is 0 Å². The molecule has 2 rings (SSSR count). The molecule has 2 aromatic rings. The van der Waals surface area contributed by atoms with Gasteiger partial charge in [0.05, 0.1) is 16.2 Å². The summed E-state index contributed by atoms with van der Waals surface area (Å²) in [4.78, 5) is 16.1. The normalized spacial score (nSPS) is 14.0. The lowest BCUT2D eigenvalue weighted by molar-refractivity contribution is -0.384. The second-order valence-electron chi connectivity index (χ2n) is 5.00. The van der Waals surface area contributed by atoms with E-state index >= 15 is 0 Å². The van der Waals surface area contributed by atoms with Gasteiger partial charge >= 0.3 is 0 Å². The van der Waals surface area contributed by atoms with Crippen molar-refractivity contribution in [3.05, 3.63) is 44.3 Å². The molecule has 0 saturated carbocycles. The molecule has 0 amide bonds. The van der Waals surface area contributed by atoms with Crippen LogP contribution in [0.1, 0.15) is 30.2 Å². The number of nitrogens with zero attached hydrogens (tertiary/aromatic N) is 2. The van der Waals surface area contributed by atoms with Crippen LogP contribution in [-0.4, -0.2) is 9.91 Å². The standard InChI is InChI=1S/C14H17N3O2S/c1-4-14(3,15)13-16-12(9(2)20-13)10-6-5-7-11(8-10)17(18)19/h5-8H,4,15H2,1-3H3. The largest absolute Gasteiger partial charge is 0.320 e. The maximum absolute atomic E-state index is 10.8. The Labute approximate surface area is 121 Å². The molecule has 2 N–H and O–H groups in total. The van der Waals surface area contributed by atoms with Gasteiger partial charge in [0.25, 0.3) is 5.69 Å². The summed E-state index contributed by atoms with van der Waals surface area (Å²) in [6.45, 7) is 5.92. The first-order chi connectivity index (χ1) is 9.35. The van der Waals surface area contributed by atoms with Gasteiger partial charge in [-0.25, -0.2) is 4.98 Å². The van der Waals surface area contributed by atoms with Crippen LogP contribution in [0.5, 0.6) is 0 Å². The molecule has 5 nitrogen and oxygen atoms in total. The zero-order chi connectivity index (χ0) is 14.9. The predicted octanol–water partition coefficient (Wildman–Crippen LogP) is 3.61. The van der Waals surface area contributed by atoms with Crippen molar-refractivity contribution >= 4 is 17.0 Å². The fourth-order valence-electron chi connectivity index (χ4n) is 1.83. The van der Waals surface area contributed by atoms with E-state index in [2.05, 4.69) is 4.98 Å². The van der Waals surface area contributed by atoms with Gasteiger partial charge in [-0.15, -0.1) is 11.3 Å². The summed E-state index contributed by atoms with van der Waals surface area (Å²) in [6.07, 6.45) is 0.786. The van der Waals surface area contributed by atoms with Crippen LogP contribution in [-0.2, 0) is 5.54 Å². The molecule has 1 atom stereocenters. The number of nitrogens with two attached hydrogens (primary N) is 1. The lowest BCUT2D eigenvalue weighted by Crippen LogP contribution is -2.31. The predicted molar refractivity (Wildman–Crippen MR) is 80.8 cm³/mol.